The van der Waals surface area contributed by atoms with E-state index in [2.05, 4.69) is 27.7 Å². The molecule has 6 nitrogen and oxygen atoms in total. The topological polar surface area (TPSA) is 71.1 Å². The molecule has 2 aromatic carbocycles. The molecule has 0 saturated carbocycles. The van der Waals surface area contributed by atoms with Crippen molar-refractivity contribution in [1.82, 2.24) is 0 Å². The smallest absolute Gasteiger partial charge is 0.306 e. The van der Waals surface area contributed by atoms with E-state index in [1.54, 1.807) is 0 Å². The number of ether oxygens (including phenoxy) is 4. The highest BCUT2D eigenvalue weighted by Gasteiger charge is 2.23. The Hall–Kier alpha value is -2.70. The van der Waals surface area contributed by atoms with Gasteiger partial charge in [-0.05, 0) is 54.1 Å². The van der Waals surface area contributed by atoms with Crippen molar-refractivity contribution < 1.29 is 28.5 Å². The molecular weight excluding hydrogens is 492 g/mol. The molecule has 216 valence electrons. The molecule has 0 atom stereocenters. The highest BCUT2D eigenvalue weighted by atomic mass is 16.5. The van der Waals surface area contributed by atoms with Gasteiger partial charge in [0.2, 0.25) is 0 Å². The zero-order chi connectivity index (χ0) is 28.4. The first-order chi connectivity index (χ1) is 18.7. The predicted octanol–water partition coefficient (Wildman–Crippen LogP) is 7.29. The molecule has 0 amide bonds. The fourth-order valence-electron chi connectivity index (χ4n) is 4.31. The van der Waals surface area contributed by atoms with E-state index >= 15 is 0 Å². The molecular formula is C33H48O6. The molecule has 0 bridgehead atoms. The summed E-state index contributed by atoms with van der Waals surface area (Å²) in [6.07, 6.45) is 5.27. The molecule has 2 rings (SSSR count). The quantitative estimate of drug-likeness (QED) is 0.130. The van der Waals surface area contributed by atoms with E-state index in [-0.39, 0.29) is 22.8 Å². The zero-order valence-corrected chi connectivity index (χ0v) is 24.4. The molecule has 0 radical (unpaired) electrons. The summed E-state index contributed by atoms with van der Waals surface area (Å²) in [5, 5.41) is 0. The van der Waals surface area contributed by atoms with Gasteiger partial charge in [0.1, 0.15) is 13.2 Å². The summed E-state index contributed by atoms with van der Waals surface area (Å²) in [7, 11) is 0. The summed E-state index contributed by atoms with van der Waals surface area (Å²) in [6.45, 7) is 11.7. The fourth-order valence-corrected chi connectivity index (χ4v) is 4.31. The average Bonchev–Trinajstić information content (AvgIpc) is 2.90. The number of hydrogen-bond donors (Lipinski definition) is 0. The lowest BCUT2D eigenvalue weighted by Gasteiger charge is -2.23. The number of benzene rings is 2. The summed E-state index contributed by atoms with van der Waals surface area (Å²) in [5.74, 6) is -0.318. The van der Waals surface area contributed by atoms with Crippen LogP contribution in [-0.4, -0.2) is 38.4 Å². The van der Waals surface area contributed by atoms with E-state index in [9.17, 15) is 9.59 Å². The number of rotatable bonds is 20. The highest BCUT2D eigenvalue weighted by Crippen LogP contribution is 2.28. The third-order valence-corrected chi connectivity index (χ3v) is 6.59. The van der Waals surface area contributed by atoms with Gasteiger partial charge in [0, 0.05) is 26.4 Å². The lowest BCUT2D eigenvalue weighted by molar-refractivity contribution is -0.148. The van der Waals surface area contributed by atoms with Gasteiger partial charge in [0.15, 0.2) is 0 Å². The van der Waals surface area contributed by atoms with Crippen molar-refractivity contribution in [2.45, 2.75) is 85.9 Å². The second-order valence-electron chi connectivity index (χ2n) is 11.8. The average molecular weight is 541 g/mol. The van der Waals surface area contributed by atoms with Crippen LogP contribution in [0, 0.1) is 10.8 Å². The largest absolute Gasteiger partial charge is 0.461 e. The molecule has 0 unspecified atom stereocenters. The standard InChI is InChI=1S/C33H48O6/c1-32(2,24-30(34)38-26-28-14-7-5-8-15-28)18-11-20-36-22-13-23-37-21-12-19-33(3,4)25-31(35)39-27-29-16-9-6-10-17-29/h5-10,14-17H,11-13,18-27H2,1-4H3. The van der Waals surface area contributed by atoms with Crippen LogP contribution in [0.5, 0.6) is 0 Å². The fraction of sp³-hybridized carbons (Fsp3) is 0.576. The molecule has 0 aliphatic rings. The van der Waals surface area contributed by atoms with Crippen molar-refractivity contribution in [2.75, 3.05) is 26.4 Å². The molecule has 0 fully saturated rings. The minimum absolute atomic E-state index is 0.118. The Morgan fingerprint density at radius 2 is 0.923 bits per heavy atom. The van der Waals surface area contributed by atoms with E-state index in [0.29, 0.717) is 52.5 Å². The Bertz CT molecular complexity index is 862. The van der Waals surface area contributed by atoms with Gasteiger partial charge >= 0.3 is 11.9 Å². The lowest BCUT2D eigenvalue weighted by atomic mass is 9.84. The molecule has 2 aromatic rings. The Kier molecular flexibility index (Phi) is 14.8. The van der Waals surface area contributed by atoms with Crippen molar-refractivity contribution in [2.24, 2.45) is 10.8 Å². The van der Waals surface area contributed by atoms with Gasteiger partial charge in [0.25, 0.3) is 0 Å². The molecule has 39 heavy (non-hydrogen) atoms. The van der Waals surface area contributed by atoms with Crippen molar-refractivity contribution in [3.05, 3.63) is 71.8 Å². The van der Waals surface area contributed by atoms with Gasteiger partial charge in [0.05, 0.1) is 12.8 Å². The van der Waals surface area contributed by atoms with Crippen LogP contribution in [0.2, 0.25) is 0 Å². The molecule has 0 aliphatic carbocycles. The second kappa shape index (κ2) is 17.8. The van der Waals surface area contributed by atoms with E-state index in [1.807, 2.05) is 60.7 Å². The highest BCUT2D eigenvalue weighted by molar-refractivity contribution is 5.70. The van der Waals surface area contributed by atoms with E-state index in [0.717, 1.165) is 43.2 Å². The maximum absolute atomic E-state index is 12.2. The lowest BCUT2D eigenvalue weighted by Crippen LogP contribution is -2.20. The van der Waals surface area contributed by atoms with Crippen LogP contribution in [0.25, 0.3) is 0 Å². The van der Waals surface area contributed by atoms with Gasteiger partial charge in [-0.3, -0.25) is 9.59 Å². The zero-order valence-electron chi connectivity index (χ0n) is 24.4. The van der Waals surface area contributed by atoms with Crippen molar-refractivity contribution in [1.29, 1.82) is 0 Å². The van der Waals surface area contributed by atoms with Crippen LogP contribution in [0.15, 0.2) is 60.7 Å². The Morgan fingerprint density at radius 1 is 0.564 bits per heavy atom. The first-order valence-electron chi connectivity index (χ1n) is 14.2. The predicted molar refractivity (Wildman–Crippen MR) is 154 cm³/mol. The summed E-state index contributed by atoms with van der Waals surface area (Å²) in [5.41, 5.74) is 1.77. The van der Waals surface area contributed by atoms with E-state index < -0.39 is 0 Å². The van der Waals surface area contributed by atoms with Crippen LogP contribution in [0.4, 0.5) is 0 Å². The molecule has 0 N–H and O–H groups in total. The normalized spacial score (nSPS) is 11.8. The molecule has 0 saturated heterocycles. The molecule has 6 heteroatoms. The van der Waals surface area contributed by atoms with Gasteiger partial charge in [-0.1, -0.05) is 88.4 Å². The van der Waals surface area contributed by atoms with Gasteiger partial charge in [-0.2, -0.15) is 0 Å². The van der Waals surface area contributed by atoms with Crippen LogP contribution in [-0.2, 0) is 41.8 Å². The summed E-state index contributed by atoms with van der Waals surface area (Å²) >= 11 is 0. The summed E-state index contributed by atoms with van der Waals surface area (Å²) < 4.78 is 22.3. The van der Waals surface area contributed by atoms with E-state index in [1.165, 1.54) is 0 Å². The number of carbonyl (C=O) groups is 2. The van der Waals surface area contributed by atoms with Crippen LogP contribution in [0.3, 0.4) is 0 Å². The number of hydrogen-bond acceptors (Lipinski definition) is 6. The molecule has 0 aliphatic heterocycles. The SMILES string of the molecule is CC(C)(CCCOCCCOCCCC(C)(C)CC(=O)OCc1ccccc1)CC(=O)OCc1ccccc1. The molecule has 0 aromatic heterocycles. The number of carbonyl (C=O) groups excluding carboxylic acids is 2. The molecule has 0 heterocycles. The van der Waals surface area contributed by atoms with Gasteiger partial charge in [-0.15, -0.1) is 0 Å². The maximum Gasteiger partial charge on any atom is 0.306 e. The Morgan fingerprint density at radius 3 is 1.31 bits per heavy atom. The first kappa shape index (κ1) is 32.5. The van der Waals surface area contributed by atoms with E-state index in [4.69, 9.17) is 18.9 Å². The summed E-state index contributed by atoms with van der Waals surface area (Å²) in [6, 6.07) is 19.5. The minimum Gasteiger partial charge on any atom is -0.461 e. The Labute approximate surface area is 235 Å². The third-order valence-electron chi connectivity index (χ3n) is 6.59. The van der Waals surface area contributed by atoms with Crippen molar-refractivity contribution in [3.8, 4) is 0 Å². The first-order valence-corrected chi connectivity index (χ1v) is 14.2. The van der Waals surface area contributed by atoms with Gasteiger partial charge < -0.3 is 18.9 Å². The Balaban J connectivity index is 1.42. The second-order valence-corrected chi connectivity index (χ2v) is 11.8. The minimum atomic E-state index is -0.159. The third kappa shape index (κ3) is 16.1. The van der Waals surface area contributed by atoms with Gasteiger partial charge in [-0.25, -0.2) is 0 Å². The molecule has 0 spiro atoms. The van der Waals surface area contributed by atoms with Crippen LogP contribution in [0.1, 0.15) is 83.8 Å². The monoisotopic (exact) mass is 540 g/mol. The van der Waals surface area contributed by atoms with Crippen molar-refractivity contribution >= 4 is 11.9 Å². The van der Waals surface area contributed by atoms with Crippen molar-refractivity contribution in [3.63, 3.8) is 0 Å². The van der Waals surface area contributed by atoms with Crippen LogP contribution >= 0.6 is 0 Å². The summed E-state index contributed by atoms with van der Waals surface area (Å²) in [4.78, 5) is 24.4. The number of esters is 2. The van der Waals surface area contributed by atoms with Crippen LogP contribution < -0.4 is 0 Å². The maximum atomic E-state index is 12.2.